The number of hydrogen-bond donors (Lipinski definition) is 0. The molecule has 0 radical (unpaired) electrons. The number of aromatic nitrogens is 5. The second-order valence-corrected chi connectivity index (χ2v) is 4.97. The van der Waals surface area contributed by atoms with E-state index in [1.165, 1.54) is 17.9 Å². The standard InChI is InChI=1S/C12H11N5OS/c1-7-9(14-4-3-13-7)5-17-6-15-11-10(12(17)18)8(2)16-19-11/h3-4,6H,5H2,1-2H3. The zero-order chi connectivity index (χ0) is 13.4. The minimum Gasteiger partial charge on any atom is -0.292 e. The van der Waals surface area contributed by atoms with E-state index in [0.717, 1.165) is 17.1 Å². The predicted molar refractivity (Wildman–Crippen MR) is 72.3 cm³/mol. The Kier molecular flexibility index (Phi) is 2.83. The first-order valence-corrected chi connectivity index (χ1v) is 6.52. The van der Waals surface area contributed by atoms with Crippen LogP contribution < -0.4 is 5.56 Å². The molecule has 3 aromatic heterocycles. The van der Waals surface area contributed by atoms with Crippen LogP contribution in [-0.2, 0) is 6.54 Å². The van der Waals surface area contributed by atoms with Crippen molar-refractivity contribution in [2.75, 3.05) is 0 Å². The molecule has 6 nitrogen and oxygen atoms in total. The number of fused-ring (bicyclic) bond motifs is 1. The zero-order valence-corrected chi connectivity index (χ0v) is 11.3. The summed E-state index contributed by atoms with van der Waals surface area (Å²) < 4.78 is 5.70. The van der Waals surface area contributed by atoms with Crippen molar-refractivity contribution in [1.29, 1.82) is 0 Å². The molecule has 0 fully saturated rings. The summed E-state index contributed by atoms with van der Waals surface area (Å²) >= 11 is 1.24. The number of rotatable bonds is 2. The van der Waals surface area contributed by atoms with Crippen LogP contribution in [0.5, 0.6) is 0 Å². The molecular formula is C12H11N5OS. The summed E-state index contributed by atoms with van der Waals surface area (Å²) in [7, 11) is 0. The van der Waals surface area contributed by atoms with E-state index in [1.807, 2.05) is 13.8 Å². The molecule has 96 valence electrons. The molecule has 0 saturated heterocycles. The highest BCUT2D eigenvalue weighted by Crippen LogP contribution is 2.15. The van der Waals surface area contributed by atoms with Crippen molar-refractivity contribution in [2.24, 2.45) is 0 Å². The Balaban J connectivity index is 2.12. The van der Waals surface area contributed by atoms with Crippen LogP contribution in [0.4, 0.5) is 0 Å². The van der Waals surface area contributed by atoms with E-state index in [2.05, 4.69) is 19.3 Å². The summed E-state index contributed by atoms with van der Waals surface area (Å²) in [6.45, 7) is 4.06. The monoisotopic (exact) mass is 273 g/mol. The van der Waals surface area contributed by atoms with Crippen LogP contribution in [0, 0.1) is 13.8 Å². The Hall–Kier alpha value is -2.15. The molecule has 0 saturated carbocycles. The molecule has 0 atom stereocenters. The molecule has 0 N–H and O–H groups in total. The van der Waals surface area contributed by atoms with Crippen molar-refractivity contribution in [3.05, 3.63) is 46.2 Å². The van der Waals surface area contributed by atoms with Gasteiger partial charge in [-0.1, -0.05) is 0 Å². The van der Waals surface area contributed by atoms with Crippen molar-refractivity contribution in [2.45, 2.75) is 20.4 Å². The van der Waals surface area contributed by atoms with Gasteiger partial charge in [0.1, 0.15) is 0 Å². The third kappa shape index (κ3) is 2.01. The average molecular weight is 273 g/mol. The van der Waals surface area contributed by atoms with Crippen molar-refractivity contribution in [1.82, 2.24) is 23.9 Å². The molecule has 0 unspecified atom stereocenters. The van der Waals surface area contributed by atoms with Gasteiger partial charge in [0.15, 0.2) is 4.83 Å². The first kappa shape index (κ1) is 11.9. The van der Waals surface area contributed by atoms with Crippen LogP contribution in [0.3, 0.4) is 0 Å². The Morgan fingerprint density at radius 1 is 1.16 bits per heavy atom. The lowest BCUT2D eigenvalue weighted by Gasteiger charge is -2.06. The second kappa shape index (κ2) is 4.51. The van der Waals surface area contributed by atoms with E-state index in [0.29, 0.717) is 16.8 Å². The molecule has 3 heterocycles. The van der Waals surface area contributed by atoms with Gasteiger partial charge in [-0.2, -0.15) is 4.37 Å². The van der Waals surface area contributed by atoms with E-state index in [9.17, 15) is 4.79 Å². The number of nitrogens with zero attached hydrogens (tertiary/aromatic N) is 5. The maximum Gasteiger partial charge on any atom is 0.264 e. The third-order valence-electron chi connectivity index (χ3n) is 2.94. The molecule has 0 aliphatic rings. The Labute approximate surface area is 113 Å². The van der Waals surface area contributed by atoms with Gasteiger partial charge >= 0.3 is 0 Å². The summed E-state index contributed by atoms with van der Waals surface area (Å²) in [5.41, 5.74) is 2.23. The fourth-order valence-corrected chi connectivity index (χ4v) is 2.61. The van der Waals surface area contributed by atoms with Crippen LogP contribution >= 0.6 is 11.5 Å². The van der Waals surface area contributed by atoms with Gasteiger partial charge < -0.3 is 0 Å². The van der Waals surface area contributed by atoms with Crippen molar-refractivity contribution < 1.29 is 0 Å². The molecular weight excluding hydrogens is 262 g/mol. The van der Waals surface area contributed by atoms with Crippen molar-refractivity contribution >= 4 is 21.7 Å². The fraction of sp³-hybridized carbons (Fsp3) is 0.250. The van der Waals surface area contributed by atoms with Gasteiger partial charge in [0, 0.05) is 12.4 Å². The highest BCUT2D eigenvalue weighted by Gasteiger charge is 2.11. The van der Waals surface area contributed by atoms with Gasteiger partial charge in [0.25, 0.3) is 5.56 Å². The molecule has 0 aliphatic carbocycles. The van der Waals surface area contributed by atoms with E-state index in [1.54, 1.807) is 17.0 Å². The van der Waals surface area contributed by atoms with Gasteiger partial charge in [-0.15, -0.1) is 0 Å². The molecule has 0 amide bonds. The van der Waals surface area contributed by atoms with Gasteiger partial charge in [0.2, 0.25) is 0 Å². The van der Waals surface area contributed by atoms with Crippen LogP contribution in [0.2, 0.25) is 0 Å². The second-order valence-electron chi connectivity index (χ2n) is 4.21. The lowest BCUT2D eigenvalue weighted by molar-refractivity contribution is 0.719. The summed E-state index contributed by atoms with van der Waals surface area (Å²) in [5.74, 6) is 0. The SMILES string of the molecule is Cc1nccnc1Cn1cnc2snc(C)c2c1=O. The largest absolute Gasteiger partial charge is 0.292 e. The summed E-state index contributed by atoms with van der Waals surface area (Å²) in [4.78, 5) is 25.7. The van der Waals surface area contributed by atoms with Gasteiger partial charge in [-0.3, -0.25) is 19.3 Å². The Morgan fingerprint density at radius 2 is 1.95 bits per heavy atom. The molecule has 0 aromatic carbocycles. The third-order valence-corrected chi connectivity index (χ3v) is 3.78. The molecule has 3 aromatic rings. The number of hydrogen-bond acceptors (Lipinski definition) is 6. The average Bonchev–Trinajstić information content (AvgIpc) is 2.78. The van der Waals surface area contributed by atoms with Crippen LogP contribution in [0.25, 0.3) is 10.2 Å². The number of aryl methyl sites for hydroxylation is 2. The van der Waals surface area contributed by atoms with Crippen molar-refractivity contribution in [3.63, 3.8) is 0 Å². The first-order chi connectivity index (χ1) is 9.16. The van der Waals surface area contributed by atoms with Gasteiger partial charge in [-0.05, 0) is 25.4 Å². The molecule has 0 aliphatic heterocycles. The zero-order valence-electron chi connectivity index (χ0n) is 10.5. The normalized spacial score (nSPS) is 11.1. The maximum atomic E-state index is 12.4. The Morgan fingerprint density at radius 3 is 2.74 bits per heavy atom. The minimum atomic E-state index is -0.0821. The van der Waals surface area contributed by atoms with Crippen LogP contribution in [0.1, 0.15) is 17.1 Å². The van der Waals surface area contributed by atoms with Crippen molar-refractivity contribution in [3.8, 4) is 0 Å². The lowest BCUT2D eigenvalue weighted by atomic mass is 10.3. The summed E-state index contributed by atoms with van der Waals surface area (Å²) in [6, 6.07) is 0. The van der Waals surface area contributed by atoms with E-state index in [-0.39, 0.29) is 5.56 Å². The van der Waals surface area contributed by atoms with Gasteiger partial charge in [-0.25, -0.2) is 4.98 Å². The summed E-state index contributed by atoms with van der Waals surface area (Å²) in [6.07, 6.45) is 4.79. The highest BCUT2D eigenvalue weighted by molar-refractivity contribution is 7.12. The maximum absolute atomic E-state index is 12.4. The molecule has 7 heteroatoms. The smallest absolute Gasteiger partial charge is 0.264 e. The highest BCUT2D eigenvalue weighted by atomic mass is 32.1. The fourth-order valence-electron chi connectivity index (χ4n) is 1.88. The predicted octanol–water partition coefficient (Wildman–Crippen LogP) is 1.31. The van der Waals surface area contributed by atoms with E-state index in [4.69, 9.17) is 0 Å². The molecule has 19 heavy (non-hydrogen) atoms. The molecule has 0 spiro atoms. The van der Waals surface area contributed by atoms with E-state index < -0.39 is 0 Å². The summed E-state index contributed by atoms with van der Waals surface area (Å²) in [5, 5.41) is 0.592. The van der Waals surface area contributed by atoms with Crippen LogP contribution in [-0.4, -0.2) is 23.9 Å². The quantitative estimate of drug-likeness (QED) is 0.703. The van der Waals surface area contributed by atoms with Crippen LogP contribution in [0.15, 0.2) is 23.5 Å². The Bertz CT molecular complexity index is 807. The van der Waals surface area contributed by atoms with Gasteiger partial charge in [0.05, 0.1) is 35.3 Å². The first-order valence-electron chi connectivity index (χ1n) is 5.74. The van der Waals surface area contributed by atoms with E-state index >= 15 is 0 Å². The molecule has 0 bridgehead atoms. The lowest BCUT2D eigenvalue weighted by Crippen LogP contribution is -2.22. The molecule has 3 rings (SSSR count). The topological polar surface area (TPSA) is 73.6 Å². The minimum absolute atomic E-state index is 0.0821.